The van der Waals surface area contributed by atoms with Crippen LogP contribution in [0.1, 0.15) is 25.3 Å². The van der Waals surface area contributed by atoms with Crippen LogP contribution in [0.2, 0.25) is 0 Å². The maximum atomic E-state index is 13.2. The van der Waals surface area contributed by atoms with Gasteiger partial charge in [-0.3, -0.25) is 9.59 Å². The SMILES string of the molecule is CCc1cccc(NC(=O)C2CCN(c3ccc(=O)n(-c4ccc(F)cc4)n3)CC2)c1. The molecule has 0 atom stereocenters. The number of halogens is 1. The van der Waals surface area contributed by atoms with Gasteiger partial charge in [-0.05, 0) is 67.3 Å². The predicted molar refractivity (Wildman–Crippen MR) is 119 cm³/mol. The first-order valence-electron chi connectivity index (χ1n) is 10.5. The van der Waals surface area contributed by atoms with Gasteiger partial charge < -0.3 is 10.2 Å². The number of anilines is 2. The minimum atomic E-state index is -0.366. The molecule has 1 amide bonds. The Hall–Kier alpha value is -3.48. The Bertz CT molecular complexity index is 1120. The van der Waals surface area contributed by atoms with Gasteiger partial charge in [-0.1, -0.05) is 19.1 Å². The Morgan fingerprint density at radius 1 is 1.10 bits per heavy atom. The monoisotopic (exact) mass is 420 g/mol. The van der Waals surface area contributed by atoms with E-state index in [4.69, 9.17) is 0 Å². The zero-order valence-corrected chi connectivity index (χ0v) is 17.4. The fraction of sp³-hybridized carbons (Fsp3) is 0.292. The van der Waals surface area contributed by atoms with Gasteiger partial charge in [0, 0.05) is 30.8 Å². The van der Waals surface area contributed by atoms with Gasteiger partial charge >= 0.3 is 0 Å². The molecule has 1 aliphatic rings. The molecule has 1 fully saturated rings. The number of hydrogen-bond donors (Lipinski definition) is 1. The van der Waals surface area contributed by atoms with Gasteiger partial charge in [0.15, 0.2) is 0 Å². The maximum Gasteiger partial charge on any atom is 0.271 e. The zero-order chi connectivity index (χ0) is 21.8. The van der Waals surface area contributed by atoms with Crippen molar-refractivity contribution in [1.82, 2.24) is 9.78 Å². The van der Waals surface area contributed by atoms with Crippen LogP contribution in [0.5, 0.6) is 0 Å². The van der Waals surface area contributed by atoms with Crippen LogP contribution in [0.3, 0.4) is 0 Å². The molecule has 2 heterocycles. The van der Waals surface area contributed by atoms with Crippen LogP contribution in [0.4, 0.5) is 15.9 Å². The van der Waals surface area contributed by atoms with E-state index >= 15 is 0 Å². The Balaban J connectivity index is 1.41. The highest BCUT2D eigenvalue weighted by Crippen LogP contribution is 2.23. The fourth-order valence-electron chi connectivity index (χ4n) is 3.82. The molecule has 31 heavy (non-hydrogen) atoms. The number of nitrogens with one attached hydrogen (secondary N) is 1. The standard InChI is InChI=1S/C24H25FN4O2/c1-2-17-4-3-5-20(16-17)26-24(31)18-12-14-28(15-13-18)22-10-11-23(30)29(27-22)21-8-6-19(25)7-9-21/h3-11,16,18H,2,12-15H2,1H3,(H,26,31). The van der Waals surface area contributed by atoms with E-state index in [1.807, 2.05) is 24.3 Å². The number of benzene rings is 2. The summed E-state index contributed by atoms with van der Waals surface area (Å²) in [5.41, 5.74) is 2.26. The minimum absolute atomic E-state index is 0.0390. The van der Waals surface area contributed by atoms with Crippen molar-refractivity contribution >= 4 is 17.4 Å². The van der Waals surface area contributed by atoms with Crippen molar-refractivity contribution in [2.75, 3.05) is 23.3 Å². The molecule has 0 bridgehead atoms. The Morgan fingerprint density at radius 2 is 1.84 bits per heavy atom. The molecule has 3 aromatic rings. The van der Waals surface area contributed by atoms with Gasteiger partial charge in [0.2, 0.25) is 5.91 Å². The number of aromatic nitrogens is 2. The molecule has 0 radical (unpaired) electrons. The summed E-state index contributed by atoms with van der Waals surface area (Å²) < 4.78 is 14.5. The highest BCUT2D eigenvalue weighted by molar-refractivity contribution is 5.92. The quantitative estimate of drug-likeness (QED) is 0.682. The topological polar surface area (TPSA) is 67.2 Å². The number of carbonyl (C=O) groups is 1. The van der Waals surface area contributed by atoms with Crippen LogP contribution in [0, 0.1) is 11.7 Å². The molecule has 7 heteroatoms. The molecule has 1 aliphatic heterocycles. The summed E-state index contributed by atoms with van der Waals surface area (Å²) in [5.74, 6) is 0.273. The molecule has 2 aromatic carbocycles. The molecule has 1 N–H and O–H groups in total. The summed E-state index contributed by atoms with van der Waals surface area (Å²) in [4.78, 5) is 27.0. The van der Waals surface area contributed by atoms with Crippen molar-refractivity contribution in [3.63, 3.8) is 0 Å². The van der Waals surface area contributed by atoms with Crippen molar-refractivity contribution in [3.8, 4) is 5.69 Å². The first-order valence-corrected chi connectivity index (χ1v) is 10.5. The molecule has 0 aliphatic carbocycles. The van der Waals surface area contributed by atoms with E-state index in [1.165, 1.54) is 40.6 Å². The smallest absolute Gasteiger partial charge is 0.271 e. The van der Waals surface area contributed by atoms with Gasteiger partial charge in [-0.2, -0.15) is 4.68 Å². The van der Waals surface area contributed by atoms with Crippen molar-refractivity contribution in [2.45, 2.75) is 26.2 Å². The zero-order valence-electron chi connectivity index (χ0n) is 17.4. The summed E-state index contributed by atoms with van der Waals surface area (Å²) in [6.07, 6.45) is 2.34. The Kier molecular flexibility index (Phi) is 6.11. The lowest BCUT2D eigenvalue weighted by Gasteiger charge is -2.32. The highest BCUT2D eigenvalue weighted by Gasteiger charge is 2.26. The van der Waals surface area contributed by atoms with Crippen molar-refractivity contribution in [2.24, 2.45) is 5.92 Å². The number of aryl methyl sites for hydroxylation is 1. The summed E-state index contributed by atoms with van der Waals surface area (Å²) in [7, 11) is 0. The van der Waals surface area contributed by atoms with Gasteiger partial charge in [0.05, 0.1) is 5.69 Å². The molecular formula is C24H25FN4O2. The largest absolute Gasteiger partial charge is 0.355 e. The lowest BCUT2D eigenvalue weighted by Crippen LogP contribution is -2.39. The molecule has 0 spiro atoms. The van der Waals surface area contributed by atoms with Gasteiger partial charge in [-0.15, -0.1) is 5.10 Å². The average molecular weight is 420 g/mol. The van der Waals surface area contributed by atoms with E-state index in [0.717, 1.165) is 12.1 Å². The fourth-order valence-corrected chi connectivity index (χ4v) is 3.82. The summed E-state index contributed by atoms with van der Waals surface area (Å²) >= 11 is 0. The summed E-state index contributed by atoms with van der Waals surface area (Å²) in [6, 6.07) is 16.7. The lowest BCUT2D eigenvalue weighted by molar-refractivity contribution is -0.120. The number of piperidine rings is 1. The number of amides is 1. The molecule has 6 nitrogen and oxygen atoms in total. The summed E-state index contributed by atoms with van der Waals surface area (Å²) in [5, 5.41) is 7.49. The second-order valence-corrected chi connectivity index (χ2v) is 7.72. The van der Waals surface area contributed by atoms with E-state index in [1.54, 1.807) is 6.07 Å². The van der Waals surface area contributed by atoms with Crippen LogP contribution >= 0.6 is 0 Å². The van der Waals surface area contributed by atoms with Crippen molar-refractivity contribution < 1.29 is 9.18 Å². The highest BCUT2D eigenvalue weighted by atomic mass is 19.1. The maximum absolute atomic E-state index is 13.2. The molecular weight excluding hydrogens is 395 g/mol. The van der Waals surface area contributed by atoms with Crippen LogP contribution in [0.25, 0.3) is 5.69 Å². The first-order chi connectivity index (χ1) is 15.0. The third-order valence-corrected chi connectivity index (χ3v) is 5.65. The van der Waals surface area contributed by atoms with Crippen LogP contribution < -0.4 is 15.8 Å². The minimum Gasteiger partial charge on any atom is -0.355 e. The van der Waals surface area contributed by atoms with Crippen LogP contribution in [0.15, 0.2) is 65.5 Å². The van der Waals surface area contributed by atoms with E-state index in [0.29, 0.717) is 37.4 Å². The molecule has 0 unspecified atom stereocenters. The molecule has 0 saturated carbocycles. The van der Waals surface area contributed by atoms with Gasteiger partial charge in [-0.25, -0.2) is 4.39 Å². The average Bonchev–Trinajstić information content (AvgIpc) is 2.80. The van der Waals surface area contributed by atoms with Crippen LogP contribution in [-0.4, -0.2) is 28.8 Å². The van der Waals surface area contributed by atoms with E-state index < -0.39 is 0 Å². The molecule has 160 valence electrons. The van der Waals surface area contributed by atoms with E-state index in [-0.39, 0.29) is 23.2 Å². The molecule has 1 saturated heterocycles. The lowest BCUT2D eigenvalue weighted by atomic mass is 9.95. The number of carbonyl (C=O) groups excluding carboxylic acids is 1. The normalized spacial score (nSPS) is 14.5. The predicted octanol–water partition coefficient (Wildman–Crippen LogP) is 3.79. The first kappa shape index (κ1) is 20.8. The molecule has 4 rings (SSSR count). The summed E-state index contributed by atoms with van der Waals surface area (Å²) in [6.45, 7) is 3.42. The van der Waals surface area contributed by atoms with Gasteiger partial charge in [0.1, 0.15) is 11.6 Å². The van der Waals surface area contributed by atoms with E-state index in [2.05, 4.69) is 22.2 Å². The molecule has 1 aromatic heterocycles. The Labute approximate surface area is 180 Å². The number of hydrogen-bond acceptors (Lipinski definition) is 4. The second kappa shape index (κ2) is 9.12. The van der Waals surface area contributed by atoms with Crippen molar-refractivity contribution in [1.29, 1.82) is 0 Å². The van der Waals surface area contributed by atoms with Crippen LogP contribution in [-0.2, 0) is 11.2 Å². The third kappa shape index (κ3) is 4.82. The van der Waals surface area contributed by atoms with E-state index in [9.17, 15) is 14.0 Å². The second-order valence-electron chi connectivity index (χ2n) is 7.72. The number of nitrogens with zero attached hydrogens (tertiary/aromatic N) is 3. The third-order valence-electron chi connectivity index (χ3n) is 5.65. The Morgan fingerprint density at radius 3 is 2.55 bits per heavy atom. The van der Waals surface area contributed by atoms with Gasteiger partial charge in [0.25, 0.3) is 5.56 Å². The van der Waals surface area contributed by atoms with Crippen molar-refractivity contribution in [3.05, 3.63) is 82.4 Å². The number of rotatable bonds is 5.